The van der Waals surface area contributed by atoms with Gasteiger partial charge in [-0.15, -0.1) is 0 Å². The van der Waals surface area contributed by atoms with Gasteiger partial charge >= 0.3 is 0 Å². The van der Waals surface area contributed by atoms with Gasteiger partial charge in [0.05, 0.1) is 24.9 Å². The maximum Gasteiger partial charge on any atom is 0.226 e. The van der Waals surface area contributed by atoms with E-state index in [0.29, 0.717) is 18.9 Å². The third-order valence-electron chi connectivity index (χ3n) is 4.65. The number of hydrogen-bond acceptors (Lipinski definition) is 4. The molecule has 1 fully saturated rings. The van der Waals surface area contributed by atoms with E-state index in [4.69, 9.17) is 0 Å². The molecule has 0 aromatic rings. The lowest BCUT2D eigenvalue weighted by Gasteiger charge is -2.32. The molecule has 0 aromatic carbocycles. The van der Waals surface area contributed by atoms with Crippen LogP contribution < -0.4 is 0 Å². The van der Waals surface area contributed by atoms with E-state index in [1.807, 2.05) is 27.7 Å². The van der Waals surface area contributed by atoms with E-state index in [-0.39, 0.29) is 36.8 Å². The molecule has 1 saturated heterocycles. The molecule has 1 amide bonds. The van der Waals surface area contributed by atoms with Crippen molar-refractivity contribution in [2.45, 2.75) is 71.6 Å². The standard InChI is InChI=1S/C17H33NO4/c1-11(2)8-15(20)16(21)9-14(12(3)4)17(22)18-7-5-6-13(18)10-19/h11-16,19-21H,5-10H2,1-4H3/t13-,14-,15-,16+/m0/s1. The van der Waals surface area contributed by atoms with E-state index < -0.39 is 12.2 Å². The van der Waals surface area contributed by atoms with E-state index in [1.54, 1.807) is 4.90 Å². The lowest BCUT2D eigenvalue weighted by Crippen LogP contribution is -2.44. The summed E-state index contributed by atoms with van der Waals surface area (Å²) in [5.41, 5.74) is 0. The third-order valence-corrected chi connectivity index (χ3v) is 4.65. The van der Waals surface area contributed by atoms with Gasteiger partial charge in [0.1, 0.15) is 0 Å². The summed E-state index contributed by atoms with van der Waals surface area (Å²) in [6.45, 7) is 8.60. The first-order valence-corrected chi connectivity index (χ1v) is 8.55. The summed E-state index contributed by atoms with van der Waals surface area (Å²) in [7, 11) is 0. The minimum Gasteiger partial charge on any atom is -0.394 e. The molecule has 5 heteroatoms. The Morgan fingerprint density at radius 3 is 2.23 bits per heavy atom. The molecule has 0 unspecified atom stereocenters. The van der Waals surface area contributed by atoms with Crippen molar-refractivity contribution < 1.29 is 20.1 Å². The summed E-state index contributed by atoms with van der Waals surface area (Å²) in [5.74, 6) is 0.0786. The number of carbonyl (C=O) groups is 1. The highest BCUT2D eigenvalue weighted by molar-refractivity contribution is 5.79. The molecule has 0 saturated carbocycles. The molecule has 1 rings (SSSR count). The van der Waals surface area contributed by atoms with E-state index in [9.17, 15) is 20.1 Å². The van der Waals surface area contributed by atoms with Crippen LogP contribution in [0.3, 0.4) is 0 Å². The largest absolute Gasteiger partial charge is 0.394 e. The monoisotopic (exact) mass is 315 g/mol. The normalized spacial score (nSPS) is 23.1. The van der Waals surface area contributed by atoms with E-state index in [0.717, 1.165) is 12.8 Å². The molecule has 4 atom stereocenters. The van der Waals surface area contributed by atoms with Gasteiger partial charge in [0.25, 0.3) is 0 Å². The van der Waals surface area contributed by atoms with Gasteiger partial charge in [-0.05, 0) is 37.5 Å². The molecule has 0 aromatic heterocycles. The van der Waals surface area contributed by atoms with Gasteiger partial charge in [-0.25, -0.2) is 0 Å². The Kier molecular flexibility index (Phi) is 7.80. The Bertz CT molecular complexity index is 346. The zero-order valence-corrected chi connectivity index (χ0v) is 14.4. The molecular formula is C17H33NO4. The number of hydrogen-bond donors (Lipinski definition) is 3. The fourth-order valence-corrected chi connectivity index (χ4v) is 3.24. The first-order valence-electron chi connectivity index (χ1n) is 8.55. The average molecular weight is 315 g/mol. The summed E-state index contributed by atoms with van der Waals surface area (Å²) in [4.78, 5) is 14.5. The Balaban J connectivity index is 2.70. The highest BCUT2D eigenvalue weighted by atomic mass is 16.3. The van der Waals surface area contributed by atoms with E-state index >= 15 is 0 Å². The minimum absolute atomic E-state index is 0.00217. The maximum atomic E-state index is 12.8. The van der Waals surface area contributed by atoms with Crippen LogP contribution in [0.15, 0.2) is 0 Å². The third kappa shape index (κ3) is 5.21. The number of nitrogens with zero attached hydrogens (tertiary/aromatic N) is 1. The van der Waals surface area contributed by atoms with Crippen molar-refractivity contribution >= 4 is 5.91 Å². The SMILES string of the molecule is CC(C)C[C@H](O)[C@H](O)C[C@H](C(=O)N1CCC[C@H]1CO)C(C)C. The number of aliphatic hydroxyl groups is 3. The molecular weight excluding hydrogens is 282 g/mol. The van der Waals surface area contributed by atoms with Crippen LogP contribution in [0.4, 0.5) is 0 Å². The smallest absolute Gasteiger partial charge is 0.226 e. The maximum absolute atomic E-state index is 12.8. The van der Waals surface area contributed by atoms with Gasteiger partial charge in [0.2, 0.25) is 5.91 Å². The summed E-state index contributed by atoms with van der Waals surface area (Å²) < 4.78 is 0. The zero-order valence-electron chi connectivity index (χ0n) is 14.4. The summed E-state index contributed by atoms with van der Waals surface area (Å²) >= 11 is 0. The molecule has 5 nitrogen and oxygen atoms in total. The van der Waals surface area contributed by atoms with Crippen LogP contribution >= 0.6 is 0 Å². The molecule has 0 spiro atoms. The van der Waals surface area contributed by atoms with Crippen LogP contribution in [-0.2, 0) is 4.79 Å². The summed E-state index contributed by atoms with van der Waals surface area (Å²) in [5, 5.41) is 29.7. The fraction of sp³-hybridized carbons (Fsp3) is 0.941. The van der Waals surface area contributed by atoms with Crippen LogP contribution in [-0.4, -0.2) is 57.5 Å². The van der Waals surface area contributed by atoms with Crippen LogP contribution in [0.25, 0.3) is 0 Å². The number of carbonyl (C=O) groups excluding carboxylic acids is 1. The highest BCUT2D eigenvalue weighted by Gasteiger charge is 2.36. The molecule has 0 radical (unpaired) electrons. The first kappa shape index (κ1) is 19.4. The molecule has 22 heavy (non-hydrogen) atoms. The summed E-state index contributed by atoms with van der Waals surface area (Å²) in [6.07, 6.45) is 0.892. The lowest BCUT2D eigenvalue weighted by molar-refractivity contribution is -0.140. The lowest BCUT2D eigenvalue weighted by atomic mass is 9.86. The second kappa shape index (κ2) is 8.85. The molecule has 1 aliphatic rings. The van der Waals surface area contributed by atoms with E-state index in [2.05, 4.69) is 0 Å². The Hall–Kier alpha value is -0.650. The molecule has 0 bridgehead atoms. The quantitative estimate of drug-likeness (QED) is 0.632. The van der Waals surface area contributed by atoms with Crippen molar-refractivity contribution in [3.8, 4) is 0 Å². The average Bonchev–Trinajstić information content (AvgIpc) is 2.90. The fourth-order valence-electron chi connectivity index (χ4n) is 3.24. The van der Waals surface area contributed by atoms with Crippen molar-refractivity contribution in [1.82, 2.24) is 4.90 Å². The van der Waals surface area contributed by atoms with Gasteiger partial charge in [0.15, 0.2) is 0 Å². The Morgan fingerprint density at radius 1 is 1.14 bits per heavy atom. The molecule has 3 N–H and O–H groups in total. The van der Waals surface area contributed by atoms with Gasteiger partial charge < -0.3 is 20.2 Å². The van der Waals surface area contributed by atoms with Crippen molar-refractivity contribution in [3.63, 3.8) is 0 Å². The number of rotatable bonds is 8. The van der Waals surface area contributed by atoms with Crippen molar-refractivity contribution in [1.29, 1.82) is 0 Å². The van der Waals surface area contributed by atoms with Gasteiger partial charge in [-0.1, -0.05) is 27.7 Å². The van der Waals surface area contributed by atoms with Crippen LogP contribution in [0.2, 0.25) is 0 Å². The molecule has 0 aliphatic carbocycles. The number of amides is 1. The second-order valence-electron chi connectivity index (χ2n) is 7.36. The van der Waals surface area contributed by atoms with Crippen LogP contribution in [0.5, 0.6) is 0 Å². The molecule has 130 valence electrons. The second-order valence-corrected chi connectivity index (χ2v) is 7.36. The minimum atomic E-state index is -0.881. The first-order chi connectivity index (χ1) is 10.3. The number of aliphatic hydroxyl groups excluding tert-OH is 3. The van der Waals surface area contributed by atoms with Crippen LogP contribution in [0, 0.1) is 17.8 Å². The molecule has 1 aliphatic heterocycles. The van der Waals surface area contributed by atoms with Crippen molar-refractivity contribution in [2.24, 2.45) is 17.8 Å². The topological polar surface area (TPSA) is 81.0 Å². The summed E-state index contributed by atoms with van der Waals surface area (Å²) in [6, 6.07) is -0.0912. The Morgan fingerprint density at radius 2 is 1.73 bits per heavy atom. The zero-order chi connectivity index (χ0) is 16.9. The predicted molar refractivity (Wildman–Crippen MR) is 86.2 cm³/mol. The molecule has 1 heterocycles. The van der Waals surface area contributed by atoms with Crippen molar-refractivity contribution in [3.05, 3.63) is 0 Å². The number of likely N-dealkylation sites (tertiary alicyclic amines) is 1. The Labute approximate surface area is 134 Å². The van der Waals surface area contributed by atoms with Gasteiger partial charge in [-0.2, -0.15) is 0 Å². The van der Waals surface area contributed by atoms with E-state index in [1.165, 1.54) is 0 Å². The predicted octanol–water partition coefficient (Wildman–Crippen LogP) is 1.40. The van der Waals surface area contributed by atoms with Gasteiger partial charge in [-0.3, -0.25) is 4.79 Å². The highest BCUT2D eigenvalue weighted by Crippen LogP contribution is 2.27. The van der Waals surface area contributed by atoms with Crippen LogP contribution in [0.1, 0.15) is 53.4 Å². The van der Waals surface area contributed by atoms with Crippen molar-refractivity contribution in [2.75, 3.05) is 13.2 Å². The van der Waals surface area contributed by atoms with Gasteiger partial charge in [0, 0.05) is 12.5 Å².